The number of pyridine rings is 1. The lowest BCUT2D eigenvalue weighted by atomic mass is 9.32. The highest BCUT2D eigenvalue weighted by molar-refractivity contribution is 8.93. The minimum Gasteiger partial charge on any atom is -0.460 e. The fourth-order valence-corrected chi connectivity index (χ4v) is 14.7. The quantitative estimate of drug-likeness (QED) is 0.133. The molecule has 0 N–H and O–H groups in total. The molecule has 2 heterocycles. The lowest BCUT2D eigenvalue weighted by molar-refractivity contribution is -0.711. The molecular formula is C48H74Br2N2O4+2. The van der Waals surface area contributed by atoms with E-state index in [0.29, 0.717) is 42.6 Å². The molecule has 6 unspecified atom stereocenters. The summed E-state index contributed by atoms with van der Waals surface area (Å²) in [6, 6.07) is 5.47. The van der Waals surface area contributed by atoms with Crippen LogP contribution in [0.3, 0.4) is 0 Å². The summed E-state index contributed by atoms with van der Waals surface area (Å²) in [4.78, 5) is 27.5. The van der Waals surface area contributed by atoms with E-state index < -0.39 is 0 Å². The van der Waals surface area contributed by atoms with Crippen molar-refractivity contribution in [3.63, 3.8) is 0 Å². The standard InChI is InChI=1S/C48H72N2O4.2BrH/c1-10-36(49-28-14-12-15-29-49)42(51)53-32-48-25-20-34(33(3)4)41(48)35-18-19-39-45(7)23-22-40(54-43(52)37(11-2)50-30-16-13-17-31-50)44(5,6)38(45)21-24-47(39,9)46(35,8)26-27-48;;/h12-14,16-17,28,30-31,34-41H,3,10-11,15,18-27,29,32H2,1-2,4-9H3;2*1H/q+2;;/t34-,35?,36?,37?,38?,39?,40-,41?,45-,46+,47+,48+;;/m0../s1. The number of hydrogen-bond donors (Lipinski definition) is 0. The Morgan fingerprint density at radius 2 is 1.52 bits per heavy atom. The minimum absolute atomic E-state index is 0. The van der Waals surface area contributed by atoms with Crippen molar-refractivity contribution in [2.75, 3.05) is 13.2 Å². The van der Waals surface area contributed by atoms with Gasteiger partial charge in [-0.15, -0.1) is 34.0 Å². The van der Waals surface area contributed by atoms with Crippen LogP contribution in [-0.2, 0) is 19.1 Å². The monoisotopic (exact) mass is 900 g/mol. The fraction of sp³-hybridized carbons (Fsp3) is 0.750. The van der Waals surface area contributed by atoms with Crippen LogP contribution in [-0.4, -0.2) is 48.0 Å². The minimum atomic E-state index is -0.292. The number of hydrogen-bond acceptors (Lipinski definition) is 4. The number of nitrogens with zero attached hydrogens (tertiary/aromatic N) is 2. The Morgan fingerprint density at radius 3 is 2.16 bits per heavy atom. The van der Waals surface area contributed by atoms with Gasteiger partial charge in [0.05, 0.1) is 6.61 Å². The van der Waals surface area contributed by atoms with Crippen LogP contribution in [0, 0.1) is 56.7 Å². The maximum atomic E-state index is 13.8. The van der Waals surface area contributed by atoms with Gasteiger partial charge in [0.25, 0.3) is 6.04 Å². The number of carbonyl (C=O) groups excluding carboxylic acids is 2. The third-order valence-corrected chi connectivity index (χ3v) is 17.7. The summed E-state index contributed by atoms with van der Waals surface area (Å²) in [5.41, 5.74) is 1.92. The molecular weight excluding hydrogens is 828 g/mol. The molecule has 56 heavy (non-hydrogen) atoms. The molecule has 5 aliphatic carbocycles. The molecule has 0 saturated heterocycles. The second-order valence-electron chi connectivity index (χ2n) is 20.2. The van der Waals surface area contributed by atoms with E-state index in [2.05, 4.69) is 84.9 Å². The summed E-state index contributed by atoms with van der Waals surface area (Å²) < 4.78 is 17.2. The van der Waals surface area contributed by atoms with Crippen molar-refractivity contribution in [1.82, 2.24) is 0 Å². The molecule has 1 aliphatic heterocycles. The third-order valence-electron chi connectivity index (χ3n) is 17.7. The Hall–Kier alpha value is -1.80. The van der Waals surface area contributed by atoms with Crippen molar-refractivity contribution in [1.29, 1.82) is 0 Å². The van der Waals surface area contributed by atoms with E-state index in [-0.39, 0.29) is 91.2 Å². The molecule has 0 spiro atoms. The number of esters is 2. The molecule has 1 aromatic rings. The molecule has 0 radical (unpaired) electrons. The second kappa shape index (κ2) is 17.1. The summed E-state index contributed by atoms with van der Waals surface area (Å²) in [5, 5.41) is 0. The first-order chi connectivity index (χ1) is 25.7. The Kier molecular flexibility index (Phi) is 13.8. The van der Waals surface area contributed by atoms with E-state index in [1.54, 1.807) is 0 Å². The lowest BCUT2D eigenvalue weighted by Crippen LogP contribution is -2.67. The van der Waals surface area contributed by atoms with E-state index in [0.717, 1.165) is 45.1 Å². The summed E-state index contributed by atoms with van der Waals surface area (Å²) >= 11 is 0. The Labute approximate surface area is 360 Å². The average molecular weight is 903 g/mol. The Balaban J connectivity index is 0.00000300. The van der Waals surface area contributed by atoms with E-state index in [1.807, 2.05) is 35.2 Å². The number of carbonyl (C=O) groups is 2. The van der Waals surface area contributed by atoms with E-state index >= 15 is 0 Å². The molecule has 5 saturated carbocycles. The highest BCUT2D eigenvalue weighted by Crippen LogP contribution is 2.77. The number of fused-ring (bicyclic) bond motifs is 7. The van der Waals surface area contributed by atoms with Gasteiger partial charge >= 0.3 is 11.9 Å². The molecule has 5 fully saturated rings. The van der Waals surface area contributed by atoms with Crippen molar-refractivity contribution in [3.8, 4) is 0 Å². The molecule has 0 aromatic carbocycles. The number of ether oxygens (including phenoxy) is 2. The second-order valence-corrected chi connectivity index (χ2v) is 20.2. The van der Waals surface area contributed by atoms with E-state index in [1.165, 1.54) is 44.1 Å². The van der Waals surface area contributed by atoms with E-state index in [4.69, 9.17) is 9.47 Å². The number of halogens is 2. The van der Waals surface area contributed by atoms with Gasteiger partial charge in [0.1, 0.15) is 12.6 Å². The zero-order valence-corrected chi connectivity index (χ0v) is 39.3. The van der Waals surface area contributed by atoms with Crippen molar-refractivity contribution >= 4 is 52.1 Å². The molecule has 12 atom stereocenters. The molecule has 6 aliphatic rings. The number of rotatable bonds is 10. The third kappa shape index (κ3) is 7.27. The van der Waals surface area contributed by atoms with Crippen LogP contribution in [0.4, 0.5) is 0 Å². The van der Waals surface area contributed by atoms with Gasteiger partial charge < -0.3 is 9.47 Å². The van der Waals surface area contributed by atoms with Crippen LogP contribution in [0.2, 0.25) is 0 Å². The maximum Gasteiger partial charge on any atom is 0.376 e. The van der Waals surface area contributed by atoms with Crippen LogP contribution in [0.1, 0.15) is 145 Å². The van der Waals surface area contributed by atoms with Gasteiger partial charge in [-0.25, -0.2) is 14.2 Å². The van der Waals surface area contributed by atoms with Gasteiger partial charge in [-0.3, -0.25) is 0 Å². The van der Waals surface area contributed by atoms with E-state index in [9.17, 15) is 9.59 Å². The average Bonchev–Trinajstić information content (AvgIpc) is 3.54. The van der Waals surface area contributed by atoms with Crippen LogP contribution >= 0.6 is 34.0 Å². The van der Waals surface area contributed by atoms with Gasteiger partial charge in [0.2, 0.25) is 6.04 Å². The van der Waals surface area contributed by atoms with Gasteiger partial charge in [-0.1, -0.05) is 72.8 Å². The van der Waals surface area contributed by atoms with Crippen LogP contribution in [0.5, 0.6) is 0 Å². The molecule has 7 rings (SSSR count). The Morgan fingerprint density at radius 1 is 0.804 bits per heavy atom. The van der Waals surface area contributed by atoms with Crippen molar-refractivity contribution in [3.05, 3.63) is 54.9 Å². The highest BCUT2D eigenvalue weighted by atomic mass is 79.9. The van der Waals surface area contributed by atoms with Crippen LogP contribution < -0.4 is 4.57 Å². The largest absolute Gasteiger partial charge is 0.460 e. The number of aromatic nitrogens is 1. The summed E-state index contributed by atoms with van der Waals surface area (Å²) in [5.74, 6) is 2.62. The predicted octanol–water partition coefficient (Wildman–Crippen LogP) is 11.0. The molecule has 6 nitrogen and oxygen atoms in total. The Bertz CT molecular complexity index is 1660. The lowest BCUT2D eigenvalue weighted by Gasteiger charge is -2.73. The predicted molar refractivity (Wildman–Crippen MR) is 235 cm³/mol. The molecule has 8 heteroatoms. The molecule has 0 amide bonds. The summed E-state index contributed by atoms with van der Waals surface area (Å²) in [7, 11) is 0. The molecule has 1 aromatic heterocycles. The first kappa shape index (κ1) is 45.3. The van der Waals surface area contributed by atoms with Gasteiger partial charge in [-0.05, 0) is 123 Å². The van der Waals surface area contributed by atoms with Crippen molar-refractivity contribution in [2.24, 2.45) is 56.7 Å². The van der Waals surface area contributed by atoms with Crippen molar-refractivity contribution in [2.45, 2.75) is 157 Å². The molecule has 0 bridgehead atoms. The topological polar surface area (TPSA) is 59.5 Å². The SMILES string of the molecule is Br.Br.C=C(C)[C@@H]1CC[C@]2(COC(=O)C(CC)[N+]3=CC=CCC3)CC[C@]3(C)C(CCC4[C@@]5(C)CC[C@H](OC(=O)C(CC)[n+]6ccccc6)C(C)(C)C5CC[C@]43C)C12. The fourth-order valence-electron chi connectivity index (χ4n) is 14.7. The van der Waals surface area contributed by atoms with Crippen molar-refractivity contribution < 1.29 is 28.2 Å². The normalized spacial score (nSPS) is 39.0. The first-order valence-electron chi connectivity index (χ1n) is 21.9. The number of allylic oxidation sites excluding steroid dienone is 2. The summed E-state index contributed by atoms with van der Waals surface area (Å²) in [6.07, 6.45) is 24.3. The zero-order valence-electron chi connectivity index (χ0n) is 35.9. The zero-order chi connectivity index (χ0) is 38.7. The van der Waals surface area contributed by atoms with Gasteiger partial charge in [0.15, 0.2) is 18.6 Å². The van der Waals surface area contributed by atoms with Gasteiger partial charge in [0, 0.05) is 42.2 Å². The maximum absolute atomic E-state index is 13.8. The molecule has 312 valence electrons. The highest BCUT2D eigenvalue weighted by Gasteiger charge is 2.71. The van der Waals surface area contributed by atoms with Crippen LogP contribution in [0.15, 0.2) is 54.9 Å². The first-order valence-corrected chi connectivity index (χ1v) is 21.9. The van der Waals surface area contributed by atoms with Crippen LogP contribution in [0.25, 0.3) is 0 Å². The smallest absolute Gasteiger partial charge is 0.376 e. The van der Waals surface area contributed by atoms with Gasteiger partial charge in [-0.2, -0.15) is 4.57 Å². The summed E-state index contributed by atoms with van der Waals surface area (Å²) in [6.45, 7) is 25.3.